The van der Waals surface area contributed by atoms with Gasteiger partial charge in [-0.15, -0.1) is 0 Å². The van der Waals surface area contributed by atoms with Crippen molar-refractivity contribution < 1.29 is 28.7 Å². The molecule has 0 bridgehead atoms. The van der Waals surface area contributed by atoms with E-state index >= 15 is 0 Å². The fraction of sp³-hybridized carbons (Fsp3) is 0.556. The fourth-order valence-electron chi connectivity index (χ4n) is 1.66. The van der Waals surface area contributed by atoms with Crippen LogP contribution in [-0.4, -0.2) is 36.7 Å². The lowest BCUT2D eigenvalue weighted by atomic mass is 9.88. The lowest BCUT2D eigenvalue weighted by molar-refractivity contribution is -0.144. The summed E-state index contributed by atoms with van der Waals surface area (Å²) in [6.07, 6.45) is 3.69. The number of carbonyl (C=O) groups is 4. The van der Waals surface area contributed by atoms with Crippen LogP contribution in [0.5, 0.6) is 0 Å². The van der Waals surface area contributed by atoms with Gasteiger partial charge in [0.25, 0.3) is 12.9 Å². The zero-order chi connectivity index (χ0) is 19.2. The summed E-state index contributed by atoms with van der Waals surface area (Å²) >= 11 is 0. The van der Waals surface area contributed by atoms with Crippen LogP contribution < -0.4 is 0 Å². The smallest absolute Gasteiger partial charge is 0.293 e. The van der Waals surface area contributed by atoms with E-state index in [0.717, 1.165) is 0 Å². The summed E-state index contributed by atoms with van der Waals surface area (Å²) in [5, 5.41) is 0. The van der Waals surface area contributed by atoms with Gasteiger partial charge in [0.05, 0.1) is 6.61 Å². The molecule has 0 saturated heterocycles. The topological polar surface area (TPSA) is 86.7 Å². The summed E-state index contributed by atoms with van der Waals surface area (Å²) in [4.78, 5) is 41.8. The zero-order valence-electron chi connectivity index (χ0n) is 15.0. The number of ether oxygens (including phenoxy) is 2. The molecule has 0 heterocycles. The largest absolute Gasteiger partial charge is 0.467 e. The molecule has 0 spiro atoms. The van der Waals surface area contributed by atoms with E-state index in [4.69, 9.17) is 4.74 Å². The van der Waals surface area contributed by atoms with E-state index in [1.54, 1.807) is 6.92 Å². The third-order valence-electron chi connectivity index (χ3n) is 3.28. The van der Waals surface area contributed by atoms with Crippen molar-refractivity contribution >= 4 is 24.5 Å². The third kappa shape index (κ3) is 12.3. The molecule has 0 amide bonds. The summed E-state index contributed by atoms with van der Waals surface area (Å²) in [6, 6.07) is 0. The zero-order valence-corrected chi connectivity index (χ0v) is 15.0. The molecule has 6 nitrogen and oxygen atoms in total. The van der Waals surface area contributed by atoms with Gasteiger partial charge in [0.1, 0.15) is 5.60 Å². The SMILES string of the molecule is C=CC(=O)CC(C)(C)COC=O.C=CC(=O)CC(C)(CC)OC=O. The summed E-state index contributed by atoms with van der Waals surface area (Å²) in [7, 11) is 0. The standard InChI is InChI=1S/2C9H14O3/c1-4-8(11)5-9(2,3)6-12-7-10;1-4-8(11)6-9(3,5-2)12-7-10/h2*4,7H,1,5-6H2,2-3H3. The lowest BCUT2D eigenvalue weighted by Gasteiger charge is -2.24. The molecule has 0 N–H and O–H groups in total. The number of rotatable bonds is 12. The second-order valence-electron chi connectivity index (χ2n) is 6.28. The Hall–Kier alpha value is -2.24. The molecule has 0 aliphatic heterocycles. The van der Waals surface area contributed by atoms with Crippen molar-refractivity contribution in [3.63, 3.8) is 0 Å². The Morgan fingerprint density at radius 1 is 0.958 bits per heavy atom. The molecular weight excluding hydrogens is 312 g/mol. The third-order valence-corrected chi connectivity index (χ3v) is 3.28. The van der Waals surface area contributed by atoms with Gasteiger partial charge >= 0.3 is 0 Å². The van der Waals surface area contributed by atoms with Crippen molar-refractivity contribution in [2.45, 2.75) is 52.6 Å². The van der Waals surface area contributed by atoms with Crippen LogP contribution in [0.1, 0.15) is 47.0 Å². The van der Waals surface area contributed by atoms with E-state index in [1.165, 1.54) is 12.2 Å². The van der Waals surface area contributed by atoms with E-state index in [9.17, 15) is 19.2 Å². The second-order valence-corrected chi connectivity index (χ2v) is 6.28. The van der Waals surface area contributed by atoms with Gasteiger partial charge < -0.3 is 9.47 Å². The molecule has 1 unspecified atom stereocenters. The van der Waals surface area contributed by atoms with Crippen molar-refractivity contribution in [3.05, 3.63) is 25.3 Å². The number of hydrogen-bond donors (Lipinski definition) is 0. The lowest BCUT2D eigenvalue weighted by Crippen LogP contribution is -2.30. The highest BCUT2D eigenvalue weighted by Gasteiger charge is 2.25. The van der Waals surface area contributed by atoms with Crippen LogP contribution in [-0.2, 0) is 28.7 Å². The maximum atomic E-state index is 10.9. The first-order valence-corrected chi connectivity index (χ1v) is 7.57. The normalized spacial score (nSPS) is 12.5. The maximum absolute atomic E-state index is 10.9. The molecule has 0 fully saturated rings. The molecule has 24 heavy (non-hydrogen) atoms. The summed E-state index contributed by atoms with van der Waals surface area (Å²) in [5.41, 5.74) is -0.973. The minimum Gasteiger partial charge on any atom is -0.467 e. The van der Waals surface area contributed by atoms with Gasteiger partial charge in [0.2, 0.25) is 0 Å². The molecule has 1 atom stereocenters. The minimum absolute atomic E-state index is 0.0329. The van der Waals surface area contributed by atoms with Crippen LogP contribution in [0.2, 0.25) is 0 Å². The van der Waals surface area contributed by atoms with Gasteiger partial charge in [-0.25, -0.2) is 0 Å². The molecular formula is C18H28O6. The Morgan fingerprint density at radius 3 is 1.83 bits per heavy atom. The van der Waals surface area contributed by atoms with Crippen LogP contribution in [0.3, 0.4) is 0 Å². The highest BCUT2D eigenvalue weighted by atomic mass is 16.5. The molecule has 0 aromatic carbocycles. The predicted molar refractivity (Wildman–Crippen MR) is 91.3 cm³/mol. The number of allylic oxidation sites excluding steroid dienone is 2. The Balaban J connectivity index is 0. The summed E-state index contributed by atoms with van der Waals surface area (Å²) < 4.78 is 9.38. The monoisotopic (exact) mass is 340 g/mol. The molecule has 6 heteroatoms. The molecule has 0 radical (unpaired) electrons. The van der Waals surface area contributed by atoms with Crippen LogP contribution >= 0.6 is 0 Å². The molecule has 0 aliphatic rings. The Morgan fingerprint density at radius 2 is 1.46 bits per heavy atom. The quantitative estimate of drug-likeness (QED) is 0.401. The van der Waals surface area contributed by atoms with Crippen LogP contribution in [0.15, 0.2) is 25.3 Å². The van der Waals surface area contributed by atoms with Crippen LogP contribution in [0, 0.1) is 5.41 Å². The van der Waals surface area contributed by atoms with Crippen molar-refractivity contribution in [3.8, 4) is 0 Å². The Labute approximate surface area is 143 Å². The van der Waals surface area contributed by atoms with Crippen molar-refractivity contribution in [2.24, 2.45) is 5.41 Å². The molecule has 136 valence electrons. The number of carbonyl (C=O) groups excluding carboxylic acids is 4. The molecule has 0 aliphatic carbocycles. The van der Waals surface area contributed by atoms with Gasteiger partial charge in [-0.1, -0.05) is 33.9 Å². The van der Waals surface area contributed by atoms with Crippen molar-refractivity contribution in [1.29, 1.82) is 0 Å². The molecule has 0 rings (SSSR count). The van der Waals surface area contributed by atoms with Crippen LogP contribution in [0.4, 0.5) is 0 Å². The van der Waals surface area contributed by atoms with Gasteiger partial charge in [0.15, 0.2) is 11.6 Å². The van der Waals surface area contributed by atoms with E-state index < -0.39 is 5.60 Å². The first kappa shape index (κ1) is 24.0. The average Bonchev–Trinajstić information content (AvgIpc) is 2.53. The summed E-state index contributed by atoms with van der Waals surface area (Å²) in [5.74, 6) is -0.143. The van der Waals surface area contributed by atoms with E-state index in [1.807, 2.05) is 20.8 Å². The van der Waals surface area contributed by atoms with Gasteiger partial charge in [-0.3, -0.25) is 19.2 Å². The van der Waals surface area contributed by atoms with E-state index in [2.05, 4.69) is 17.9 Å². The Kier molecular flexibility index (Phi) is 12.2. The van der Waals surface area contributed by atoms with E-state index in [0.29, 0.717) is 25.8 Å². The van der Waals surface area contributed by atoms with Gasteiger partial charge in [0, 0.05) is 18.3 Å². The van der Waals surface area contributed by atoms with Crippen molar-refractivity contribution in [1.82, 2.24) is 0 Å². The first-order chi connectivity index (χ1) is 11.1. The van der Waals surface area contributed by atoms with Gasteiger partial charge in [-0.05, 0) is 25.5 Å². The summed E-state index contributed by atoms with van der Waals surface area (Å²) in [6.45, 7) is 15.0. The molecule has 0 aromatic rings. The molecule has 0 saturated carbocycles. The predicted octanol–water partition coefficient (Wildman–Crippen LogP) is 2.80. The highest BCUT2D eigenvalue weighted by molar-refractivity contribution is 5.90. The average molecular weight is 340 g/mol. The maximum Gasteiger partial charge on any atom is 0.293 e. The minimum atomic E-state index is -0.674. The van der Waals surface area contributed by atoms with Crippen LogP contribution in [0.25, 0.3) is 0 Å². The first-order valence-electron chi connectivity index (χ1n) is 7.57. The van der Waals surface area contributed by atoms with Crippen molar-refractivity contribution in [2.75, 3.05) is 6.61 Å². The van der Waals surface area contributed by atoms with E-state index in [-0.39, 0.29) is 30.0 Å². The Bertz CT molecular complexity index is 452. The fourth-order valence-corrected chi connectivity index (χ4v) is 1.66. The number of hydrogen-bond acceptors (Lipinski definition) is 6. The second kappa shape index (κ2) is 12.2. The molecule has 0 aromatic heterocycles. The number of ketones is 2. The van der Waals surface area contributed by atoms with Gasteiger partial charge in [-0.2, -0.15) is 0 Å². The highest BCUT2D eigenvalue weighted by Crippen LogP contribution is 2.20.